The number of imide groups is 1. The number of aliphatic hydroxyl groups is 2. The highest BCUT2D eigenvalue weighted by molar-refractivity contribution is 6.50. The first-order valence-electron chi connectivity index (χ1n) is 9.75. The largest absolute Gasteiger partial charge is 0.508 e. The molecule has 1 aliphatic rings. The molecule has 8 heteroatoms. The van der Waals surface area contributed by atoms with Gasteiger partial charge >= 0.3 is 0 Å². The van der Waals surface area contributed by atoms with Crippen molar-refractivity contribution < 1.29 is 24.9 Å². The van der Waals surface area contributed by atoms with Gasteiger partial charge in [0.1, 0.15) is 5.75 Å². The zero-order chi connectivity index (χ0) is 21.7. The summed E-state index contributed by atoms with van der Waals surface area (Å²) in [6, 6.07) is 12.2. The van der Waals surface area contributed by atoms with Gasteiger partial charge in [0.15, 0.2) is 0 Å². The molecule has 0 spiro atoms. The van der Waals surface area contributed by atoms with Crippen molar-refractivity contribution in [2.24, 2.45) is 0 Å². The number of phenolic OH excluding ortho intramolecular Hbond substituents is 1. The Kier molecular flexibility index (Phi) is 4.39. The number of nitrogens with zero attached hydrogens (tertiary/aromatic N) is 1. The summed E-state index contributed by atoms with van der Waals surface area (Å²) in [5, 5.41) is 33.0. The number of hydrogen-bond donors (Lipinski definition) is 5. The molecule has 1 unspecified atom stereocenters. The number of fused-ring (bicyclic) bond motifs is 2. The van der Waals surface area contributed by atoms with Gasteiger partial charge in [-0.2, -0.15) is 0 Å². The number of carbonyl (C=O) groups excluding carboxylic acids is 2. The Hall–Kier alpha value is -3.88. The van der Waals surface area contributed by atoms with Crippen molar-refractivity contribution in [3.05, 3.63) is 66.0 Å². The van der Waals surface area contributed by atoms with Crippen LogP contribution >= 0.6 is 0 Å². The molecule has 3 heterocycles. The minimum atomic E-state index is -1.00. The average molecular weight is 417 g/mol. The summed E-state index contributed by atoms with van der Waals surface area (Å²) in [6.45, 7) is -0.335. The van der Waals surface area contributed by atoms with Gasteiger partial charge in [0.05, 0.1) is 30.4 Å². The molecule has 0 fully saturated rings. The highest BCUT2D eigenvalue weighted by atomic mass is 16.3. The normalized spacial score (nSPS) is 15.3. The second-order valence-corrected chi connectivity index (χ2v) is 7.51. The van der Waals surface area contributed by atoms with Crippen LogP contribution in [0.4, 0.5) is 0 Å². The van der Waals surface area contributed by atoms with Gasteiger partial charge < -0.3 is 24.9 Å². The lowest BCUT2D eigenvalue weighted by molar-refractivity contribution is -0.122. The minimum absolute atomic E-state index is 0.00758. The fraction of sp³-hybridized carbons (Fsp3) is 0.130. The number of benzene rings is 2. The number of hydrogen-bond acceptors (Lipinski definition) is 5. The molecule has 0 saturated heterocycles. The van der Waals surface area contributed by atoms with Crippen molar-refractivity contribution >= 4 is 44.8 Å². The van der Waals surface area contributed by atoms with E-state index in [1.54, 1.807) is 23.0 Å². The van der Waals surface area contributed by atoms with E-state index in [0.717, 1.165) is 10.9 Å². The predicted molar refractivity (Wildman–Crippen MR) is 115 cm³/mol. The topological polar surface area (TPSA) is 128 Å². The number of aromatic nitrogens is 2. The molecule has 0 bridgehead atoms. The van der Waals surface area contributed by atoms with Gasteiger partial charge in [-0.3, -0.25) is 14.9 Å². The molecule has 0 radical (unpaired) electrons. The Morgan fingerprint density at radius 3 is 2.48 bits per heavy atom. The van der Waals surface area contributed by atoms with Gasteiger partial charge in [-0.1, -0.05) is 18.2 Å². The van der Waals surface area contributed by atoms with Crippen LogP contribution in [0.2, 0.25) is 0 Å². The summed E-state index contributed by atoms with van der Waals surface area (Å²) < 4.78 is 1.70. The average Bonchev–Trinajstić information content (AvgIpc) is 3.41. The van der Waals surface area contributed by atoms with E-state index >= 15 is 0 Å². The number of phenols is 1. The number of nitrogens with one attached hydrogen (secondary N) is 2. The maximum atomic E-state index is 12.9. The van der Waals surface area contributed by atoms with Crippen LogP contribution in [0, 0.1) is 0 Å². The van der Waals surface area contributed by atoms with Crippen molar-refractivity contribution in [1.82, 2.24) is 14.9 Å². The molecule has 1 aliphatic heterocycles. The summed E-state index contributed by atoms with van der Waals surface area (Å²) in [4.78, 5) is 28.8. The summed E-state index contributed by atoms with van der Waals surface area (Å²) in [6.07, 6.45) is 2.36. The van der Waals surface area contributed by atoms with E-state index in [0.29, 0.717) is 22.0 Å². The number of para-hydroxylation sites is 1. The molecule has 31 heavy (non-hydrogen) atoms. The van der Waals surface area contributed by atoms with Gasteiger partial charge in [0.2, 0.25) is 0 Å². The Balaban J connectivity index is 1.80. The van der Waals surface area contributed by atoms with E-state index in [-0.39, 0.29) is 23.4 Å². The lowest BCUT2D eigenvalue weighted by atomic mass is 9.95. The smallest absolute Gasteiger partial charge is 0.259 e. The van der Waals surface area contributed by atoms with Crippen LogP contribution in [-0.4, -0.2) is 49.4 Å². The fourth-order valence-corrected chi connectivity index (χ4v) is 4.17. The molecule has 156 valence electrons. The van der Waals surface area contributed by atoms with E-state index in [1.807, 2.05) is 24.3 Å². The van der Waals surface area contributed by atoms with Crippen molar-refractivity contribution in [3.8, 4) is 5.75 Å². The van der Waals surface area contributed by atoms with Crippen LogP contribution in [0.3, 0.4) is 0 Å². The van der Waals surface area contributed by atoms with E-state index in [4.69, 9.17) is 0 Å². The van der Waals surface area contributed by atoms with E-state index in [2.05, 4.69) is 10.3 Å². The summed E-state index contributed by atoms with van der Waals surface area (Å²) in [5.74, 6) is -1.02. The summed E-state index contributed by atoms with van der Waals surface area (Å²) in [5.41, 5.74) is 2.99. The third-order valence-corrected chi connectivity index (χ3v) is 5.54. The lowest BCUT2D eigenvalue weighted by Gasteiger charge is -2.09. The monoisotopic (exact) mass is 417 g/mol. The van der Waals surface area contributed by atoms with Crippen LogP contribution in [0.15, 0.2) is 54.9 Å². The molecule has 0 aliphatic carbocycles. The van der Waals surface area contributed by atoms with E-state index < -0.39 is 24.5 Å². The van der Waals surface area contributed by atoms with Crippen molar-refractivity contribution in [2.75, 3.05) is 6.61 Å². The third-order valence-electron chi connectivity index (χ3n) is 5.54. The Bertz CT molecular complexity index is 1400. The van der Waals surface area contributed by atoms with Crippen molar-refractivity contribution in [3.63, 3.8) is 0 Å². The van der Waals surface area contributed by atoms with Crippen molar-refractivity contribution in [1.29, 1.82) is 0 Å². The number of carbonyl (C=O) groups is 2. The molecule has 1 atom stereocenters. The number of aromatic hydroxyl groups is 1. The molecule has 5 N–H and O–H groups in total. The van der Waals surface area contributed by atoms with Gasteiger partial charge in [0.25, 0.3) is 11.8 Å². The molecule has 2 aromatic heterocycles. The number of rotatable bonds is 5. The number of H-pyrrole nitrogens is 1. The molecular weight excluding hydrogens is 398 g/mol. The SMILES string of the molecule is O=C1NC(=O)C(c2cn(CC(O)CO)c3ccc(O)cc23)=C1c1c[nH]c2ccccc12. The molecule has 5 rings (SSSR count). The minimum Gasteiger partial charge on any atom is -0.508 e. The second-order valence-electron chi connectivity index (χ2n) is 7.51. The summed E-state index contributed by atoms with van der Waals surface area (Å²) >= 11 is 0. The first kappa shape index (κ1) is 19.1. The van der Waals surface area contributed by atoms with Crippen LogP contribution in [0.1, 0.15) is 11.1 Å². The third kappa shape index (κ3) is 3.00. The molecule has 0 saturated carbocycles. The van der Waals surface area contributed by atoms with Gasteiger partial charge in [-0.05, 0) is 24.3 Å². The second kappa shape index (κ2) is 7.12. The maximum absolute atomic E-state index is 12.9. The van der Waals surface area contributed by atoms with Gasteiger partial charge in [-0.25, -0.2) is 0 Å². The Morgan fingerprint density at radius 2 is 1.71 bits per heavy atom. The molecule has 2 amide bonds. The Morgan fingerprint density at radius 1 is 0.968 bits per heavy atom. The standard InChI is InChI=1S/C23H19N3O5/c27-11-13(29)9-26-10-17(15-7-12(28)5-6-19(15)26)21-20(22(30)25-23(21)31)16-8-24-18-4-2-1-3-14(16)18/h1-8,10,13,24,27-29H,9,11H2,(H,25,30,31). The molecule has 4 aromatic rings. The lowest BCUT2D eigenvalue weighted by Crippen LogP contribution is -2.22. The van der Waals surface area contributed by atoms with Crippen LogP contribution in [-0.2, 0) is 16.1 Å². The van der Waals surface area contributed by atoms with Crippen LogP contribution < -0.4 is 5.32 Å². The first-order valence-corrected chi connectivity index (χ1v) is 9.75. The molecular formula is C23H19N3O5. The quantitative estimate of drug-likeness (QED) is 0.316. The molecule has 2 aromatic carbocycles. The molecule has 8 nitrogen and oxygen atoms in total. The maximum Gasteiger partial charge on any atom is 0.259 e. The number of aromatic amines is 1. The fourth-order valence-electron chi connectivity index (χ4n) is 4.17. The summed E-state index contributed by atoms with van der Waals surface area (Å²) in [7, 11) is 0. The number of aliphatic hydroxyl groups excluding tert-OH is 2. The van der Waals surface area contributed by atoms with Crippen molar-refractivity contribution in [2.45, 2.75) is 12.6 Å². The zero-order valence-corrected chi connectivity index (χ0v) is 16.3. The van der Waals surface area contributed by atoms with E-state index in [1.165, 1.54) is 12.1 Å². The number of amides is 2. The first-order chi connectivity index (χ1) is 15.0. The highest BCUT2D eigenvalue weighted by Crippen LogP contribution is 2.39. The highest BCUT2D eigenvalue weighted by Gasteiger charge is 2.35. The van der Waals surface area contributed by atoms with Crippen LogP contribution in [0.5, 0.6) is 5.75 Å². The zero-order valence-electron chi connectivity index (χ0n) is 16.3. The van der Waals surface area contributed by atoms with Gasteiger partial charge in [0, 0.05) is 45.3 Å². The van der Waals surface area contributed by atoms with Gasteiger partial charge in [-0.15, -0.1) is 0 Å². The Labute approximate surface area is 176 Å². The predicted octanol–water partition coefficient (Wildman–Crippen LogP) is 1.75. The van der Waals surface area contributed by atoms with E-state index in [9.17, 15) is 24.9 Å². The van der Waals surface area contributed by atoms with Crippen LogP contribution in [0.25, 0.3) is 33.0 Å².